The lowest BCUT2D eigenvalue weighted by atomic mass is 9.94. The summed E-state index contributed by atoms with van der Waals surface area (Å²) in [6.45, 7) is 10.8. The lowest BCUT2D eigenvalue weighted by molar-refractivity contribution is -0.152. The molecule has 0 aromatic heterocycles. The number of hydrogen-bond donors (Lipinski definition) is 0. The number of rotatable bonds is 36. The highest BCUT2D eigenvalue weighted by molar-refractivity contribution is 5.76. The zero-order chi connectivity index (χ0) is 36.4. The molecule has 0 spiro atoms. The lowest BCUT2D eigenvalue weighted by Crippen LogP contribution is -2.38. The van der Waals surface area contributed by atoms with Crippen LogP contribution in [0.4, 0.5) is 0 Å². The van der Waals surface area contributed by atoms with Crippen LogP contribution in [0.15, 0.2) is 0 Å². The van der Waals surface area contributed by atoms with Crippen molar-refractivity contribution in [3.63, 3.8) is 0 Å². The predicted molar refractivity (Wildman–Crippen MR) is 207 cm³/mol. The van der Waals surface area contributed by atoms with Crippen molar-refractivity contribution in [3.8, 4) is 0 Å². The molecular weight excluding hydrogens is 612 g/mol. The van der Waals surface area contributed by atoms with Gasteiger partial charge in [0.2, 0.25) is 5.91 Å². The first-order chi connectivity index (χ1) is 23.8. The molecule has 0 heterocycles. The van der Waals surface area contributed by atoms with Crippen LogP contribution in [0.5, 0.6) is 0 Å². The number of hydrogen-bond acceptors (Lipinski definition) is 6. The van der Waals surface area contributed by atoms with Crippen molar-refractivity contribution in [1.82, 2.24) is 9.80 Å². The fourth-order valence-corrected chi connectivity index (χ4v) is 6.55. The zero-order valence-corrected chi connectivity index (χ0v) is 33.5. The van der Waals surface area contributed by atoms with Gasteiger partial charge in [0.25, 0.3) is 0 Å². The van der Waals surface area contributed by atoms with Crippen LogP contribution in [-0.2, 0) is 23.9 Å². The molecule has 0 aliphatic carbocycles. The first kappa shape index (κ1) is 47.4. The molecule has 290 valence electrons. The Bertz CT molecular complexity index is 724. The quantitative estimate of drug-likeness (QED) is 0.0480. The van der Waals surface area contributed by atoms with Gasteiger partial charge in [-0.2, -0.15) is 0 Å². The van der Waals surface area contributed by atoms with Crippen LogP contribution < -0.4 is 0 Å². The van der Waals surface area contributed by atoms with Gasteiger partial charge < -0.3 is 19.3 Å². The average molecular weight is 695 g/mol. The van der Waals surface area contributed by atoms with E-state index < -0.39 is 0 Å². The third-order valence-corrected chi connectivity index (χ3v) is 9.85. The fourth-order valence-electron chi connectivity index (χ4n) is 6.55. The Morgan fingerprint density at radius 2 is 0.776 bits per heavy atom. The van der Waals surface area contributed by atoms with E-state index >= 15 is 0 Å². The predicted octanol–water partition coefficient (Wildman–Crippen LogP) is 10.9. The van der Waals surface area contributed by atoms with Crippen molar-refractivity contribution >= 4 is 17.8 Å². The largest absolute Gasteiger partial charge is 0.464 e. The molecule has 7 nitrogen and oxygen atoms in total. The summed E-state index contributed by atoms with van der Waals surface area (Å²) in [5, 5.41) is 0. The maximum absolute atomic E-state index is 13.3. The van der Waals surface area contributed by atoms with E-state index in [9.17, 15) is 14.4 Å². The Morgan fingerprint density at radius 1 is 0.449 bits per heavy atom. The van der Waals surface area contributed by atoms with Crippen molar-refractivity contribution in [2.75, 3.05) is 46.9 Å². The second-order valence-electron chi connectivity index (χ2n) is 14.8. The third kappa shape index (κ3) is 28.7. The van der Waals surface area contributed by atoms with Crippen LogP contribution in [0.25, 0.3) is 0 Å². The monoisotopic (exact) mass is 695 g/mol. The van der Waals surface area contributed by atoms with Gasteiger partial charge in [-0.05, 0) is 52.7 Å². The van der Waals surface area contributed by atoms with Crippen molar-refractivity contribution in [2.45, 2.75) is 195 Å². The molecule has 0 bridgehead atoms. The Labute approximate surface area is 304 Å². The van der Waals surface area contributed by atoms with Gasteiger partial charge in [-0.3, -0.25) is 14.4 Å². The lowest BCUT2D eigenvalue weighted by Gasteiger charge is -2.24. The summed E-state index contributed by atoms with van der Waals surface area (Å²) < 4.78 is 11.7. The van der Waals surface area contributed by atoms with Gasteiger partial charge in [0.05, 0.1) is 24.9 Å². The zero-order valence-electron chi connectivity index (χ0n) is 33.5. The molecule has 7 heteroatoms. The van der Waals surface area contributed by atoms with Gasteiger partial charge in [0, 0.05) is 6.42 Å². The number of nitrogens with zero attached hydrogens (tertiary/aromatic N) is 2. The summed E-state index contributed by atoms with van der Waals surface area (Å²) in [4.78, 5) is 43.6. The van der Waals surface area contributed by atoms with E-state index in [1.165, 1.54) is 89.9 Å². The van der Waals surface area contributed by atoms with E-state index in [0.29, 0.717) is 19.5 Å². The standard InChI is InChI=1S/C42H82N2O5/c1-7-11-15-19-21-25-30-38(28-23-17-13-9-3)41(46)48-36-34-44(40(45)32-27-33-43(5)6)35-37-49-42(47)39(29-24-18-14-10-4)31-26-22-20-16-12-8-2/h38-39H,7-37H2,1-6H3. The molecule has 0 rings (SSSR count). The Morgan fingerprint density at radius 3 is 1.12 bits per heavy atom. The first-order valence-electron chi connectivity index (χ1n) is 21.1. The SMILES string of the molecule is CCCCCCCCC(CCCCCC)C(=O)OCCN(CCOC(=O)C(CCCCCC)CCCCCCCC)C(=O)CCCN(C)C. The van der Waals surface area contributed by atoms with Crippen LogP contribution in [0.3, 0.4) is 0 Å². The summed E-state index contributed by atoms with van der Waals surface area (Å²) in [6, 6.07) is 0. The summed E-state index contributed by atoms with van der Waals surface area (Å²) in [7, 11) is 4.02. The van der Waals surface area contributed by atoms with Gasteiger partial charge in [-0.1, -0.05) is 156 Å². The third-order valence-electron chi connectivity index (χ3n) is 9.85. The molecule has 0 fully saturated rings. The smallest absolute Gasteiger partial charge is 0.308 e. The van der Waals surface area contributed by atoms with Crippen LogP contribution in [0.2, 0.25) is 0 Å². The van der Waals surface area contributed by atoms with Crippen molar-refractivity contribution in [2.24, 2.45) is 11.8 Å². The molecule has 0 aromatic rings. The number of carbonyl (C=O) groups is 3. The number of ether oxygens (including phenoxy) is 2. The van der Waals surface area contributed by atoms with Crippen molar-refractivity contribution in [3.05, 3.63) is 0 Å². The van der Waals surface area contributed by atoms with Crippen LogP contribution in [-0.4, -0.2) is 74.6 Å². The summed E-state index contributed by atoms with van der Waals surface area (Å²) in [6.07, 6.45) is 28.5. The van der Waals surface area contributed by atoms with Crippen LogP contribution in [0, 0.1) is 11.8 Å². The van der Waals surface area contributed by atoms with Gasteiger partial charge in [-0.15, -0.1) is 0 Å². The Balaban J connectivity index is 5.16. The van der Waals surface area contributed by atoms with Gasteiger partial charge in [-0.25, -0.2) is 0 Å². The molecule has 0 aliphatic rings. The molecule has 2 unspecified atom stereocenters. The van der Waals surface area contributed by atoms with Crippen LogP contribution >= 0.6 is 0 Å². The van der Waals surface area contributed by atoms with Gasteiger partial charge in [0.15, 0.2) is 0 Å². The minimum Gasteiger partial charge on any atom is -0.464 e. The van der Waals surface area contributed by atoms with E-state index in [1.54, 1.807) is 4.90 Å². The van der Waals surface area contributed by atoms with Gasteiger partial charge in [0.1, 0.15) is 13.2 Å². The Hall–Kier alpha value is -1.63. The second kappa shape index (κ2) is 34.8. The average Bonchev–Trinajstić information content (AvgIpc) is 3.08. The molecule has 0 N–H and O–H groups in total. The number of esters is 2. The molecule has 0 saturated carbocycles. The van der Waals surface area contributed by atoms with Crippen molar-refractivity contribution in [1.29, 1.82) is 0 Å². The summed E-state index contributed by atoms with van der Waals surface area (Å²) in [5.41, 5.74) is 0. The van der Waals surface area contributed by atoms with Crippen molar-refractivity contribution < 1.29 is 23.9 Å². The fraction of sp³-hybridized carbons (Fsp3) is 0.929. The van der Waals surface area contributed by atoms with E-state index in [4.69, 9.17) is 9.47 Å². The van der Waals surface area contributed by atoms with E-state index in [1.807, 2.05) is 14.1 Å². The molecule has 0 saturated heterocycles. The van der Waals surface area contributed by atoms with E-state index in [-0.39, 0.29) is 42.9 Å². The highest BCUT2D eigenvalue weighted by Crippen LogP contribution is 2.22. The normalized spacial score (nSPS) is 12.6. The first-order valence-corrected chi connectivity index (χ1v) is 21.1. The topological polar surface area (TPSA) is 76.1 Å². The highest BCUT2D eigenvalue weighted by Gasteiger charge is 2.23. The summed E-state index contributed by atoms with van der Waals surface area (Å²) >= 11 is 0. The minimum absolute atomic E-state index is 0.0281. The number of carbonyl (C=O) groups excluding carboxylic acids is 3. The maximum atomic E-state index is 13.3. The molecular formula is C42H82N2O5. The molecule has 0 aromatic carbocycles. The van der Waals surface area contributed by atoms with E-state index in [0.717, 1.165) is 77.2 Å². The molecule has 1 amide bonds. The minimum atomic E-state index is -0.114. The molecule has 0 aliphatic heterocycles. The summed E-state index contributed by atoms with van der Waals surface area (Å²) in [5.74, 6) is -0.321. The highest BCUT2D eigenvalue weighted by atomic mass is 16.5. The second-order valence-corrected chi connectivity index (χ2v) is 14.8. The Kier molecular flexibility index (Phi) is 33.6. The van der Waals surface area contributed by atoms with Crippen LogP contribution in [0.1, 0.15) is 195 Å². The molecule has 2 atom stereocenters. The number of amides is 1. The maximum Gasteiger partial charge on any atom is 0.308 e. The molecule has 0 radical (unpaired) electrons. The van der Waals surface area contributed by atoms with Gasteiger partial charge >= 0.3 is 11.9 Å². The van der Waals surface area contributed by atoms with E-state index in [2.05, 4.69) is 32.6 Å². The number of unbranched alkanes of at least 4 members (excludes halogenated alkanes) is 16. The molecule has 49 heavy (non-hydrogen) atoms.